The Balaban J connectivity index is 0.000000605. The van der Waals surface area contributed by atoms with E-state index in [-0.39, 0.29) is 18.9 Å². The van der Waals surface area contributed by atoms with Crippen LogP contribution in [0.5, 0.6) is 0 Å². The van der Waals surface area contributed by atoms with Gasteiger partial charge in [-0.05, 0) is 6.42 Å². The molecule has 0 aromatic carbocycles. The zero-order valence-electron chi connectivity index (χ0n) is 6.03. The second-order valence-electron chi connectivity index (χ2n) is 2.82. The summed E-state index contributed by atoms with van der Waals surface area (Å²) in [6.07, 6.45) is 12.4. The molecule has 0 saturated carbocycles. The number of rotatable bonds is 1. The molecule has 0 saturated heterocycles. The zero-order valence-corrected chi connectivity index (χ0v) is 6.03. The van der Waals surface area contributed by atoms with Crippen molar-refractivity contribution in [2.24, 2.45) is 0 Å². The third-order valence-corrected chi connectivity index (χ3v) is 2.13. The summed E-state index contributed by atoms with van der Waals surface area (Å²) >= 11 is 0. The molecule has 0 N–H and O–H groups in total. The first-order valence-corrected chi connectivity index (χ1v) is 3.87. The molecule has 1 aliphatic heterocycles. The molecule has 0 aromatic rings. The van der Waals surface area contributed by atoms with Crippen molar-refractivity contribution >= 4 is 18.9 Å². The van der Waals surface area contributed by atoms with Gasteiger partial charge in [0.25, 0.3) is 0 Å². The third-order valence-electron chi connectivity index (χ3n) is 2.13. The second kappa shape index (κ2) is 4.16. The fraction of sp³-hybridized carbons (Fsp3) is 0.444. The Labute approximate surface area is 80.3 Å². The van der Waals surface area contributed by atoms with Gasteiger partial charge in [-0.2, -0.15) is 0 Å². The Morgan fingerprint density at radius 1 is 1.27 bits per heavy atom. The fourth-order valence-corrected chi connectivity index (χ4v) is 1.38. The van der Waals surface area contributed by atoms with Gasteiger partial charge < -0.3 is 0 Å². The zero-order chi connectivity index (χ0) is 6.81. The molecule has 1 nitrogen and oxygen atoms in total. The van der Waals surface area contributed by atoms with Crippen LogP contribution in [0, 0.1) is 6.42 Å². The molecule has 1 radical (unpaired) electrons. The predicted molar refractivity (Wildman–Crippen MR) is 49.7 cm³/mol. The van der Waals surface area contributed by atoms with Crippen molar-refractivity contribution in [2.45, 2.75) is 12.5 Å². The molecular formula is C9H13LiN. The van der Waals surface area contributed by atoms with Gasteiger partial charge in [-0.1, -0.05) is 24.3 Å². The monoisotopic (exact) mass is 142 g/mol. The van der Waals surface area contributed by atoms with E-state index in [1.807, 2.05) is 0 Å². The van der Waals surface area contributed by atoms with E-state index in [9.17, 15) is 0 Å². The maximum absolute atomic E-state index is 2.47. The van der Waals surface area contributed by atoms with Crippen molar-refractivity contribution in [3.05, 3.63) is 30.7 Å². The van der Waals surface area contributed by atoms with Crippen LogP contribution in [0.4, 0.5) is 0 Å². The first-order valence-electron chi connectivity index (χ1n) is 3.87. The summed E-state index contributed by atoms with van der Waals surface area (Å²) in [6, 6.07) is 0.643. The summed E-state index contributed by atoms with van der Waals surface area (Å²) in [7, 11) is 0. The summed E-state index contributed by atoms with van der Waals surface area (Å²) in [5.41, 5.74) is 0. The molecule has 11 heavy (non-hydrogen) atoms. The molecule has 1 unspecified atom stereocenters. The van der Waals surface area contributed by atoms with E-state index >= 15 is 0 Å². The predicted octanol–water partition coefficient (Wildman–Crippen LogP) is 0.742. The maximum atomic E-state index is 2.47. The molecular weight excluding hydrogens is 129 g/mol. The molecule has 2 rings (SSSR count). The van der Waals surface area contributed by atoms with E-state index in [1.54, 1.807) is 0 Å². The summed E-state index contributed by atoms with van der Waals surface area (Å²) < 4.78 is 0. The van der Waals surface area contributed by atoms with Gasteiger partial charge in [0, 0.05) is 25.6 Å². The van der Waals surface area contributed by atoms with Crippen LogP contribution < -0.4 is 0 Å². The van der Waals surface area contributed by atoms with Crippen LogP contribution in [0.15, 0.2) is 24.3 Å². The third kappa shape index (κ3) is 1.99. The van der Waals surface area contributed by atoms with E-state index in [0.29, 0.717) is 6.04 Å². The van der Waals surface area contributed by atoms with E-state index < -0.39 is 0 Å². The van der Waals surface area contributed by atoms with Gasteiger partial charge >= 0.3 is 18.9 Å². The van der Waals surface area contributed by atoms with Gasteiger partial charge in [0.15, 0.2) is 0 Å². The quantitative estimate of drug-likeness (QED) is 0.385. The van der Waals surface area contributed by atoms with Crippen molar-refractivity contribution in [1.82, 2.24) is 4.90 Å². The van der Waals surface area contributed by atoms with Crippen LogP contribution in [0.1, 0.15) is 6.42 Å². The van der Waals surface area contributed by atoms with E-state index in [2.05, 4.69) is 35.6 Å². The van der Waals surface area contributed by atoms with Crippen LogP contribution in [0.25, 0.3) is 0 Å². The Kier molecular flexibility index (Phi) is 3.45. The van der Waals surface area contributed by atoms with Crippen LogP contribution in [-0.2, 0) is 0 Å². The average molecular weight is 142 g/mol. The summed E-state index contributed by atoms with van der Waals surface area (Å²) in [5.74, 6) is 0. The Morgan fingerprint density at radius 3 is 2.55 bits per heavy atom. The minimum absolute atomic E-state index is 0. The summed E-state index contributed by atoms with van der Waals surface area (Å²) in [4.78, 5) is 2.47. The molecule has 1 aliphatic carbocycles. The summed E-state index contributed by atoms with van der Waals surface area (Å²) in [6.45, 7) is 2.35. The molecule has 0 bridgehead atoms. The molecule has 1 heterocycles. The van der Waals surface area contributed by atoms with Gasteiger partial charge in [-0.3, -0.25) is 4.90 Å². The van der Waals surface area contributed by atoms with E-state index in [0.717, 1.165) is 6.54 Å². The Bertz CT molecular complexity index is 174. The first-order chi connectivity index (χ1) is 4.97. The van der Waals surface area contributed by atoms with Gasteiger partial charge in [-0.25, -0.2) is 0 Å². The van der Waals surface area contributed by atoms with Crippen molar-refractivity contribution in [1.29, 1.82) is 0 Å². The second-order valence-corrected chi connectivity index (χ2v) is 2.82. The summed E-state index contributed by atoms with van der Waals surface area (Å²) in [5, 5.41) is 0. The number of nitrogens with zero attached hydrogens (tertiary/aromatic N) is 1. The van der Waals surface area contributed by atoms with Crippen molar-refractivity contribution < 1.29 is 0 Å². The molecule has 2 aliphatic rings. The number of hydrogen-bond donors (Lipinski definition) is 0. The molecule has 0 spiro atoms. The van der Waals surface area contributed by atoms with Crippen LogP contribution in [-0.4, -0.2) is 42.9 Å². The molecule has 1 atom stereocenters. The molecule has 2 heteroatoms. The van der Waals surface area contributed by atoms with E-state index in [1.165, 1.54) is 13.0 Å². The molecule has 0 amide bonds. The minimum atomic E-state index is 0. The first kappa shape index (κ1) is 9.13. The molecule has 55 valence electrons. The van der Waals surface area contributed by atoms with Gasteiger partial charge in [0.2, 0.25) is 0 Å². The van der Waals surface area contributed by atoms with Crippen molar-refractivity contribution in [3.63, 3.8) is 0 Å². The molecule has 0 aromatic heterocycles. The van der Waals surface area contributed by atoms with Crippen molar-refractivity contribution in [2.75, 3.05) is 13.1 Å². The Morgan fingerprint density at radius 2 is 2.09 bits per heavy atom. The van der Waals surface area contributed by atoms with Crippen LogP contribution in [0.2, 0.25) is 0 Å². The van der Waals surface area contributed by atoms with Crippen LogP contribution in [0.3, 0.4) is 0 Å². The SMILES string of the molecule is [CH]1C=CC1N1CC=CCC1.[LiH]. The topological polar surface area (TPSA) is 3.24 Å². The van der Waals surface area contributed by atoms with Crippen molar-refractivity contribution in [3.8, 4) is 0 Å². The average Bonchev–Trinajstić information content (AvgIpc) is 1.86. The van der Waals surface area contributed by atoms with Crippen LogP contribution >= 0.6 is 0 Å². The Hall–Kier alpha value is 0.0374. The standard InChI is InChI=1S/C9H12N.Li.H/c1-2-7-10(8-3-1)9-5-4-6-9;;/h1-2,4-6,9H,3,7-8H2;;. The number of hydrogen-bond acceptors (Lipinski definition) is 1. The normalized spacial score (nSPS) is 29.3. The van der Waals surface area contributed by atoms with Gasteiger partial charge in [0.1, 0.15) is 0 Å². The van der Waals surface area contributed by atoms with Gasteiger partial charge in [-0.15, -0.1) is 0 Å². The van der Waals surface area contributed by atoms with E-state index in [4.69, 9.17) is 0 Å². The fourth-order valence-electron chi connectivity index (χ4n) is 1.38. The molecule has 0 fully saturated rings. The van der Waals surface area contributed by atoms with Gasteiger partial charge in [0.05, 0.1) is 0 Å².